The lowest BCUT2D eigenvalue weighted by Gasteiger charge is -2.07. The van der Waals surface area contributed by atoms with E-state index in [4.69, 9.17) is 14.5 Å². The average Bonchev–Trinajstić information content (AvgIpc) is 3.65. The molecule has 0 aliphatic heterocycles. The Hall–Kier alpha value is -4.95. The molecule has 3 heterocycles. The zero-order valence-electron chi connectivity index (χ0n) is 22.4. The van der Waals surface area contributed by atoms with E-state index in [0.717, 1.165) is 39.5 Å². The number of aromatic nitrogens is 3. The molecule has 0 radical (unpaired) electrons. The molecule has 0 bridgehead atoms. The second-order valence-electron chi connectivity index (χ2n) is 9.37. The minimum atomic E-state index is -0.189. The maximum absolute atomic E-state index is 13.5. The SMILES string of the molecule is Cc1ccc(C=Nn2c(-c3ccc(-c4ccccc4)cc3)csc2=Nc2c(C)n(C)n(-c3ccccc3)c2=O)o1. The van der Waals surface area contributed by atoms with Crippen LogP contribution in [0.25, 0.3) is 28.1 Å². The molecule has 0 aliphatic rings. The summed E-state index contributed by atoms with van der Waals surface area (Å²) in [6.07, 6.45) is 1.67. The lowest BCUT2D eigenvalue weighted by atomic mass is 10.0. The molecule has 0 spiro atoms. The summed E-state index contributed by atoms with van der Waals surface area (Å²) in [6.45, 7) is 3.79. The summed E-state index contributed by atoms with van der Waals surface area (Å²) >= 11 is 1.43. The van der Waals surface area contributed by atoms with Crippen molar-refractivity contribution in [2.24, 2.45) is 17.1 Å². The van der Waals surface area contributed by atoms with Crippen LogP contribution >= 0.6 is 11.3 Å². The van der Waals surface area contributed by atoms with E-state index in [-0.39, 0.29) is 5.56 Å². The predicted molar refractivity (Wildman–Crippen MR) is 161 cm³/mol. The van der Waals surface area contributed by atoms with Crippen molar-refractivity contribution in [3.63, 3.8) is 0 Å². The first kappa shape index (κ1) is 25.3. The van der Waals surface area contributed by atoms with Gasteiger partial charge in [-0.25, -0.2) is 14.4 Å². The molecule has 7 nitrogen and oxygen atoms in total. The second-order valence-corrected chi connectivity index (χ2v) is 10.2. The summed E-state index contributed by atoms with van der Waals surface area (Å²) in [4.78, 5) is 19.0. The van der Waals surface area contributed by atoms with Gasteiger partial charge in [0.1, 0.15) is 11.5 Å². The van der Waals surface area contributed by atoms with Gasteiger partial charge in [-0.05, 0) is 49.2 Å². The Morgan fingerprint density at radius 3 is 2.12 bits per heavy atom. The average molecular weight is 546 g/mol. The van der Waals surface area contributed by atoms with Crippen LogP contribution in [0.5, 0.6) is 0 Å². The number of para-hydroxylation sites is 1. The first-order chi connectivity index (χ1) is 19.5. The van der Waals surface area contributed by atoms with Crippen molar-refractivity contribution in [3.8, 4) is 28.1 Å². The van der Waals surface area contributed by atoms with E-state index in [1.807, 2.05) is 91.6 Å². The highest BCUT2D eigenvalue weighted by atomic mass is 32.1. The number of furan rings is 1. The number of benzene rings is 3. The number of rotatable bonds is 6. The van der Waals surface area contributed by atoms with Crippen molar-refractivity contribution in [1.29, 1.82) is 0 Å². The van der Waals surface area contributed by atoms with E-state index in [9.17, 15) is 4.79 Å². The Morgan fingerprint density at radius 2 is 1.45 bits per heavy atom. The number of nitrogens with zero attached hydrogens (tertiary/aromatic N) is 5. The van der Waals surface area contributed by atoms with Gasteiger partial charge in [-0.15, -0.1) is 11.3 Å². The van der Waals surface area contributed by atoms with Gasteiger partial charge >= 0.3 is 0 Å². The standard InChI is InChI=1S/C32H27N5O2S/c1-22-14-19-28(39-22)20-33-36-29(26-17-15-25(16-18-26)24-10-6-4-7-11-24)21-40-32(36)34-30-23(2)35(3)37(31(30)38)27-12-8-5-9-13-27/h4-21H,1-3H3. The van der Waals surface area contributed by atoms with E-state index in [1.54, 1.807) is 15.6 Å². The Bertz CT molecular complexity index is 1940. The second kappa shape index (κ2) is 10.7. The highest BCUT2D eigenvalue weighted by Gasteiger charge is 2.17. The van der Waals surface area contributed by atoms with Crippen LogP contribution in [0, 0.1) is 13.8 Å². The third-order valence-corrected chi connectivity index (χ3v) is 7.58. The third kappa shape index (κ3) is 4.81. The van der Waals surface area contributed by atoms with Gasteiger partial charge in [0.15, 0.2) is 5.69 Å². The smallest absolute Gasteiger partial charge is 0.297 e. The van der Waals surface area contributed by atoms with Crippen LogP contribution in [0.3, 0.4) is 0 Å². The highest BCUT2D eigenvalue weighted by Crippen LogP contribution is 2.26. The summed E-state index contributed by atoms with van der Waals surface area (Å²) in [7, 11) is 1.86. The van der Waals surface area contributed by atoms with Crippen molar-refractivity contribution in [2.45, 2.75) is 13.8 Å². The summed E-state index contributed by atoms with van der Waals surface area (Å²) < 4.78 is 10.9. The molecule has 198 valence electrons. The van der Waals surface area contributed by atoms with E-state index in [2.05, 4.69) is 36.4 Å². The Morgan fingerprint density at radius 1 is 0.800 bits per heavy atom. The zero-order valence-corrected chi connectivity index (χ0v) is 23.2. The van der Waals surface area contributed by atoms with Gasteiger partial charge in [0.25, 0.3) is 5.56 Å². The molecule has 0 N–H and O–H groups in total. The van der Waals surface area contributed by atoms with Gasteiger partial charge in [0.05, 0.1) is 23.3 Å². The summed E-state index contributed by atoms with van der Waals surface area (Å²) in [5.41, 5.74) is 5.85. The topological polar surface area (TPSA) is 69.7 Å². The molecule has 0 saturated carbocycles. The lowest BCUT2D eigenvalue weighted by Crippen LogP contribution is -2.19. The Balaban J connectivity index is 1.48. The van der Waals surface area contributed by atoms with Gasteiger partial charge in [-0.2, -0.15) is 5.10 Å². The van der Waals surface area contributed by atoms with Crippen LogP contribution in [0.4, 0.5) is 5.69 Å². The van der Waals surface area contributed by atoms with Gasteiger partial charge in [0.2, 0.25) is 4.80 Å². The molecular formula is C32H27N5O2S. The molecule has 40 heavy (non-hydrogen) atoms. The fraction of sp³-hybridized carbons (Fsp3) is 0.0938. The quantitative estimate of drug-likeness (QED) is 0.219. The van der Waals surface area contributed by atoms with E-state index in [0.29, 0.717) is 16.2 Å². The fourth-order valence-corrected chi connectivity index (χ4v) is 5.41. The largest absolute Gasteiger partial charge is 0.460 e. The van der Waals surface area contributed by atoms with Gasteiger partial charge in [-0.3, -0.25) is 9.48 Å². The minimum absolute atomic E-state index is 0.189. The molecule has 3 aromatic carbocycles. The monoisotopic (exact) mass is 545 g/mol. The molecule has 6 rings (SSSR count). The highest BCUT2D eigenvalue weighted by molar-refractivity contribution is 7.07. The van der Waals surface area contributed by atoms with Crippen molar-refractivity contribution in [1.82, 2.24) is 14.0 Å². The summed E-state index contributed by atoms with van der Waals surface area (Å²) in [5.74, 6) is 1.44. The first-order valence-electron chi connectivity index (χ1n) is 12.9. The number of hydrogen-bond acceptors (Lipinski definition) is 5. The molecular weight excluding hydrogens is 518 g/mol. The van der Waals surface area contributed by atoms with E-state index < -0.39 is 0 Å². The first-order valence-corrected chi connectivity index (χ1v) is 13.7. The van der Waals surface area contributed by atoms with Crippen molar-refractivity contribution < 1.29 is 4.42 Å². The number of aryl methyl sites for hydroxylation is 1. The molecule has 8 heteroatoms. The summed E-state index contributed by atoms with van der Waals surface area (Å²) in [6, 6.07) is 32.0. The minimum Gasteiger partial charge on any atom is -0.460 e. The van der Waals surface area contributed by atoms with Crippen LogP contribution in [0.1, 0.15) is 17.2 Å². The number of thiazole rings is 1. The maximum atomic E-state index is 13.5. The van der Waals surface area contributed by atoms with E-state index >= 15 is 0 Å². The zero-order chi connectivity index (χ0) is 27.6. The van der Waals surface area contributed by atoms with Crippen LogP contribution < -0.4 is 10.4 Å². The Labute approximate surface area is 235 Å². The van der Waals surface area contributed by atoms with Crippen LogP contribution in [-0.2, 0) is 7.05 Å². The lowest BCUT2D eigenvalue weighted by molar-refractivity contribution is 0.527. The molecule has 3 aromatic heterocycles. The van der Waals surface area contributed by atoms with Crippen molar-refractivity contribution >= 4 is 23.2 Å². The molecule has 0 amide bonds. The van der Waals surface area contributed by atoms with Crippen LogP contribution in [-0.4, -0.2) is 20.3 Å². The Kier molecular flexibility index (Phi) is 6.76. The maximum Gasteiger partial charge on any atom is 0.297 e. The molecule has 0 fully saturated rings. The van der Waals surface area contributed by atoms with Crippen molar-refractivity contribution in [2.75, 3.05) is 0 Å². The predicted octanol–water partition coefficient (Wildman–Crippen LogP) is 6.70. The fourth-order valence-electron chi connectivity index (χ4n) is 4.57. The molecule has 0 aliphatic carbocycles. The molecule has 0 saturated heterocycles. The van der Waals surface area contributed by atoms with Gasteiger partial charge in [0, 0.05) is 18.0 Å². The normalized spacial score (nSPS) is 12.0. The molecule has 6 aromatic rings. The van der Waals surface area contributed by atoms with E-state index in [1.165, 1.54) is 11.3 Å². The van der Waals surface area contributed by atoms with Crippen molar-refractivity contribution in [3.05, 3.63) is 135 Å². The summed E-state index contributed by atoms with van der Waals surface area (Å²) in [5, 5.41) is 6.76. The third-order valence-electron chi connectivity index (χ3n) is 6.77. The van der Waals surface area contributed by atoms with Crippen LogP contribution in [0.15, 0.2) is 122 Å². The molecule has 0 atom stereocenters. The van der Waals surface area contributed by atoms with Crippen LogP contribution in [0.2, 0.25) is 0 Å². The van der Waals surface area contributed by atoms with Gasteiger partial charge in [-0.1, -0.05) is 72.8 Å². The number of hydrogen-bond donors (Lipinski definition) is 0. The molecule has 0 unspecified atom stereocenters. The van der Waals surface area contributed by atoms with Gasteiger partial charge < -0.3 is 4.42 Å².